The maximum atomic E-state index is 13.5. The van der Waals surface area contributed by atoms with Gasteiger partial charge < -0.3 is 19.5 Å². The number of hydrogen-bond acceptors (Lipinski definition) is 6. The van der Waals surface area contributed by atoms with E-state index in [1.807, 2.05) is 18.2 Å². The zero-order valence-corrected chi connectivity index (χ0v) is 19.8. The van der Waals surface area contributed by atoms with Crippen molar-refractivity contribution in [3.8, 4) is 11.5 Å². The summed E-state index contributed by atoms with van der Waals surface area (Å²) < 4.78 is 16.1. The van der Waals surface area contributed by atoms with Crippen LogP contribution in [0.3, 0.4) is 0 Å². The van der Waals surface area contributed by atoms with Crippen LogP contribution in [0.1, 0.15) is 29.8 Å². The fraction of sp³-hybridized carbons (Fsp3) is 0.259. The Morgan fingerprint density at radius 1 is 1.06 bits per heavy atom. The Hall–Kier alpha value is -4.00. The maximum absolute atomic E-state index is 13.5. The zero-order valence-electron chi connectivity index (χ0n) is 19.8. The second-order valence-corrected chi connectivity index (χ2v) is 7.92. The van der Waals surface area contributed by atoms with E-state index in [-0.39, 0.29) is 12.4 Å². The quantitative estimate of drug-likeness (QED) is 0.517. The number of methoxy groups -OCH3 is 2. The van der Waals surface area contributed by atoms with Crippen molar-refractivity contribution in [1.29, 1.82) is 0 Å². The lowest BCUT2D eigenvalue weighted by Crippen LogP contribution is -2.46. The molecule has 0 bridgehead atoms. The van der Waals surface area contributed by atoms with Gasteiger partial charge in [-0.25, -0.2) is 4.79 Å². The first-order valence-corrected chi connectivity index (χ1v) is 11.2. The Kier molecular flexibility index (Phi) is 6.72. The van der Waals surface area contributed by atoms with Crippen LogP contribution in [-0.4, -0.2) is 38.7 Å². The SMILES string of the molecule is CCOC(=O)N1c2cc(OC)c(OC)cc2C(=O)C(=CNCc2cccc3ccccc23)C1C. The van der Waals surface area contributed by atoms with E-state index >= 15 is 0 Å². The smallest absolute Gasteiger partial charge is 0.414 e. The first-order valence-electron chi connectivity index (χ1n) is 11.2. The number of nitrogens with zero attached hydrogens (tertiary/aromatic N) is 1. The second-order valence-electron chi connectivity index (χ2n) is 7.92. The highest BCUT2D eigenvalue weighted by molar-refractivity contribution is 6.18. The minimum absolute atomic E-state index is 0.186. The van der Waals surface area contributed by atoms with Crippen LogP contribution >= 0.6 is 0 Å². The molecule has 0 spiro atoms. The number of ether oxygens (including phenoxy) is 3. The van der Waals surface area contributed by atoms with Gasteiger partial charge in [-0.2, -0.15) is 0 Å². The lowest BCUT2D eigenvalue weighted by Gasteiger charge is -2.35. The number of rotatable bonds is 6. The van der Waals surface area contributed by atoms with Crippen molar-refractivity contribution < 1.29 is 23.8 Å². The summed E-state index contributed by atoms with van der Waals surface area (Å²) >= 11 is 0. The largest absolute Gasteiger partial charge is 0.493 e. The molecule has 7 heteroatoms. The average Bonchev–Trinajstić information content (AvgIpc) is 2.85. The van der Waals surface area contributed by atoms with Gasteiger partial charge in [-0.1, -0.05) is 42.5 Å². The van der Waals surface area contributed by atoms with E-state index < -0.39 is 12.1 Å². The lowest BCUT2D eigenvalue weighted by atomic mass is 9.90. The number of carbonyl (C=O) groups is 2. The number of fused-ring (bicyclic) bond motifs is 2. The fourth-order valence-electron chi connectivity index (χ4n) is 4.30. The number of benzene rings is 3. The summed E-state index contributed by atoms with van der Waals surface area (Å²) in [6, 6.07) is 17.0. The van der Waals surface area contributed by atoms with Gasteiger partial charge in [-0.3, -0.25) is 9.69 Å². The molecule has 0 saturated heterocycles. The number of nitrogens with one attached hydrogen (secondary N) is 1. The summed E-state index contributed by atoms with van der Waals surface area (Å²) in [4.78, 5) is 27.9. The molecule has 4 rings (SSSR count). The van der Waals surface area contributed by atoms with Crippen LogP contribution in [0.5, 0.6) is 11.5 Å². The molecule has 0 aliphatic carbocycles. The van der Waals surface area contributed by atoms with Crippen LogP contribution in [-0.2, 0) is 11.3 Å². The predicted molar refractivity (Wildman–Crippen MR) is 132 cm³/mol. The van der Waals surface area contributed by atoms with Crippen LogP contribution in [0.15, 0.2) is 66.4 Å². The van der Waals surface area contributed by atoms with Crippen molar-refractivity contribution in [3.05, 3.63) is 77.5 Å². The van der Waals surface area contributed by atoms with Gasteiger partial charge >= 0.3 is 6.09 Å². The highest BCUT2D eigenvalue weighted by Crippen LogP contribution is 2.41. The second kappa shape index (κ2) is 9.87. The van der Waals surface area contributed by atoms with Crippen LogP contribution in [0.4, 0.5) is 10.5 Å². The van der Waals surface area contributed by atoms with Crippen molar-refractivity contribution in [3.63, 3.8) is 0 Å². The van der Waals surface area contributed by atoms with Crippen molar-refractivity contribution in [2.24, 2.45) is 0 Å². The van der Waals surface area contributed by atoms with Gasteiger partial charge in [-0.15, -0.1) is 0 Å². The van der Waals surface area contributed by atoms with E-state index in [1.165, 1.54) is 19.1 Å². The normalized spacial score (nSPS) is 16.4. The third-order valence-corrected chi connectivity index (χ3v) is 6.00. The number of hydrogen-bond donors (Lipinski definition) is 1. The van der Waals surface area contributed by atoms with E-state index in [2.05, 4.69) is 29.6 Å². The van der Waals surface area contributed by atoms with E-state index in [9.17, 15) is 9.59 Å². The number of Topliss-reactive ketones (excluding diaryl/α,β-unsaturated/α-hetero) is 1. The molecule has 0 saturated carbocycles. The third-order valence-electron chi connectivity index (χ3n) is 6.00. The summed E-state index contributed by atoms with van der Waals surface area (Å²) in [6.07, 6.45) is 1.16. The number of anilines is 1. The van der Waals surface area contributed by atoms with E-state index in [4.69, 9.17) is 14.2 Å². The molecular formula is C27H28N2O5. The van der Waals surface area contributed by atoms with Gasteiger partial charge in [0.1, 0.15) is 0 Å². The van der Waals surface area contributed by atoms with Crippen molar-refractivity contribution in [2.45, 2.75) is 26.4 Å². The topological polar surface area (TPSA) is 77.1 Å². The van der Waals surface area contributed by atoms with Crippen molar-refractivity contribution >= 4 is 28.3 Å². The molecule has 34 heavy (non-hydrogen) atoms. The van der Waals surface area contributed by atoms with E-state index in [0.29, 0.717) is 34.9 Å². The van der Waals surface area contributed by atoms with Gasteiger partial charge in [-0.05, 0) is 36.2 Å². The van der Waals surface area contributed by atoms with Gasteiger partial charge in [0, 0.05) is 24.4 Å². The first kappa shape index (κ1) is 23.2. The predicted octanol–water partition coefficient (Wildman–Crippen LogP) is 5.08. The Morgan fingerprint density at radius 2 is 1.76 bits per heavy atom. The molecule has 1 N–H and O–H groups in total. The molecule has 0 radical (unpaired) electrons. The molecule has 3 aromatic carbocycles. The highest BCUT2D eigenvalue weighted by Gasteiger charge is 2.38. The fourth-order valence-corrected chi connectivity index (χ4v) is 4.30. The molecule has 7 nitrogen and oxygen atoms in total. The summed E-state index contributed by atoms with van der Waals surface area (Å²) in [5, 5.41) is 5.58. The Bertz CT molecular complexity index is 1260. The summed E-state index contributed by atoms with van der Waals surface area (Å²) in [7, 11) is 3.02. The van der Waals surface area contributed by atoms with Gasteiger partial charge in [0.2, 0.25) is 0 Å². The van der Waals surface area contributed by atoms with Crippen molar-refractivity contribution in [2.75, 3.05) is 25.7 Å². The summed E-state index contributed by atoms with van der Waals surface area (Å²) in [6.45, 7) is 4.30. The number of carbonyl (C=O) groups excluding carboxylic acids is 2. The standard InChI is InChI=1S/C27H28N2O5/c1-5-34-27(31)29-17(2)22(26(30)21-13-24(32-3)25(33-4)14-23(21)29)16-28-15-19-11-8-10-18-9-6-7-12-20(18)19/h6-14,16-17,28H,5,15H2,1-4H3. The van der Waals surface area contributed by atoms with Crippen LogP contribution in [0.2, 0.25) is 0 Å². The average molecular weight is 461 g/mol. The molecule has 1 heterocycles. The maximum Gasteiger partial charge on any atom is 0.414 e. The van der Waals surface area contributed by atoms with Crippen LogP contribution in [0.25, 0.3) is 10.8 Å². The zero-order chi connectivity index (χ0) is 24.2. The molecule has 176 valence electrons. The molecule has 1 aliphatic heterocycles. The third kappa shape index (κ3) is 4.17. The molecule has 1 amide bonds. The minimum atomic E-state index is -0.544. The Morgan fingerprint density at radius 3 is 2.50 bits per heavy atom. The number of amides is 1. The molecule has 1 atom stereocenters. The molecule has 0 aromatic heterocycles. The minimum Gasteiger partial charge on any atom is -0.493 e. The van der Waals surface area contributed by atoms with Gasteiger partial charge in [0.15, 0.2) is 17.3 Å². The summed E-state index contributed by atoms with van der Waals surface area (Å²) in [5.41, 5.74) is 2.34. The molecule has 3 aromatic rings. The van der Waals surface area contributed by atoms with Crippen LogP contribution < -0.4 is 19.7 Å². The van der Waals surface area contributed by atoms with Gasteiger partial charge in [0.05, 0.1) is 38.1 Å². The molecular weight excluding hydrogens is 432 g/mol. The lowest BCUT2D eigenvalue weighted by molar-refractivity contribution is 0.102. The molecule has 0 fully saturated rings. The molecule has 1 unspecified atom stereocenters. The number of ketones is 1. The highest BCUT2D eigenvalue weighted by atomic mass is 16.6. The Labute approximate surface area is 198 Å². The van der Waals surface area contributed by atoms with Crippen molar-refractivity contribution in [1.82, 2.24) is 5.32 Å². The van der Waals surface area contributed by atoms with Gasteiger partial charge in [0.25, 0.3) is 0 Å². The monoisotopic (exact) mass is 460 g/mol. The molecule has 1 aliphatic rings. The van der Waals surface area contributed by atoms with Crippen LogP contribution in [0, 0.1) is 0 Å². The first-order chi connectivity index (χ1) is 16.5. The Balaban J connectivity index is 1.71. The van der Waals surface area contributed by atoms with E-state index in [1.54, 1.807) is 32.2 Å². The summed E-state index contributed by atoms with van der Waals surface area (Å²) in [5.74, 6) is 0.655. The van der Waals surface area contributed by atoms with E-state index in [0.717, 1.165) is 16.3 Å².